The molecule has 1 aromatic heterocycles. The van der Waals surface area contributed by atoms with Gasteiger partial charge >= 0.3 is 12.0 Å². The highest BCUT2D eigenvalue weighted by Crippen LogP contribution is 2.28. The van der Waals surface area contributed by atoms with Crippen LogP contribution in [0.2, 0.25) is 0 Å². The highest BCUT2D eigenvalue weighted by Gasteiger charge is 2.40. The molecule has 0 atom stereocenters. The van der Waals surface area contributed by atoms with Gasteiger partial charge in [-0.25, -0.2) is 9.59 Å². The predicted octanol–water partition coefficient (Wildman–Crippen LogP) is 2.64. The smallest absolute Gasteiger partial charge is 0.329 e. The zero-order valence-corrected chi connectivity index (χ0v) is 12.4. The van der Waals surface area contributed by atoms with Gasteiger partial charge in [0.15, 0.2) is 0 Å². The maximum absolute atomic E-state index is 11.9. The van der Waals surface area contributed by atoms with E-state index in [0.29, 0.717) is 19.4 Å². The van der Waals surface area contributed by atoms with Gasteiger partial charge in [-0.1, -0.05) is 19.3 Å². The Hall–Kier alpha value is -1.56. The van der Waals surface area contributed by atoms with Crippen LogP contribution in [0, 0.1) is 6.92 Å². The molecule has 0 spiro atoms. The van der Waals surface area contributed by atoms with Crippen molar-refractivity contribution in [1.29, 1.82) is 0 Å². The summed E-state index contributed by atoms with van der Waals surface area (Å²) in [5.74, 6) is -0.931. The van der Waals surface area contributed by atoms with Crippen molar-refractivity contribution in [1.82, 2.24) is 10.6 Å². The molecule has 2 rings (SSSR count). The van der Waals surface area contributed by atoms with Crippen molar-refractivity contribution in [2.75, 3.05) is 0 Å². The third kappa shape index (κ3) is 3.30. The van der Waals surface area contributed by atoms with E-state index in [9.17, 15) is 14.7 Å². The molecule has 0 aliphatic heterocycles. The first kappa shape index (κ1) is 14.8. The number of thiophene rings is 1. The van der Waals surface area contributed by atoms with Crippen molar-refractivity contribution in [3.63, 3.8) is 0 Å². The minimum Gasteiger partial charge on any atom is -0.480 e. The highest BCUT2D eigenvalue weighted by atomic mass is 32.1. The number of aliphatic carboxylic acids is 1. The number of hydrogen-bond donors (Lipinski definition) is 3. The number of carbonyl (C=O) groups is 2. The molecular formula is C14H20N2O3S. The molecule has 2 amide bonds. The van der Waals surface area contributed by atoms with E-state index in [1.807, 2.05) is 17.7 Å². The number of aryl methyl sites for hydroxylation is 1. The lowest BCUT2D eigenvalue weighted by molar-refractivity contribution is -0.145. The van der Waals surface area contributed by atoms with Crippen LogP contribution in [0.3, 0.4) is 0 Å². The van der Waals surface area contributed by atoms with Crippen LogP contribution in [0.1, 0.15) is 43.2 Å². The van der Waals surface area contributed by atoms with Gasteiger partial charge in [0.1, 0.15) is 5.54 Å². The Morgan fingerprint density at radius 3 is 2.55 bits per heavy atom. The fourth-order valence-electron chi connectivity index (χ4n) is 2.55. The summed E-state index contributed by atoms with van der Waals surface area (Å²) in [5.41, 5.74) is 1.12. The summed E-state index contributed by atoms with van der Waals surface area (Å²) in [6, 6.07) is -0.403. The van der Waals surface area contributed by atoms with Gasteiger partial charge in [0, 0.05) is 6.54 Å². The van der Waals surface area contributed by atoms with E-state index in [2.05, 4.69) is 10.6 Å². The van der Waals surface area contributed by atoms with E-state index >= 15 is 0 Å². The van der Waals surface area contributed by atoms with Crippen LogP contribution in [0.25, 0.3) is 0 Å². The lowest BCUT2D eigenvalue weighted by Gasteiger charge is -2.33. The van der Waals surface area contributed by atoms with Gasteiger partial charge in [0.05, 0.1) is 0 Å². The molecule has 6 heteroatoms. The molecule has 1 aliphatic rings. The molecule has 0 saturated heterocycles. The second-order valence-electron chi connectivity index (χ2n) is 5.34. The quantitative estimate of drug-likeness (QED) is 0.799. The van der Waals surface area contributed by atoms with Crippen molar-refractivity contribution in [2.45, 2.75) is 51.1 Å². The number of nitrogens with one attached hydrogen (secondary N) is 2. The maximum Gasteiger partial charge on any atom is 0.329 e. The van der Waals surface area contributed by atoms with Gasteiger partial charge in [0.25, 0.3) is 0 Å². The zero-order chi connectivity index (χ0) is 14.6. The first-order valence-corrected chi connectivity index (χ1v) is 7.79. The molecule has 20 heavy (non-hydrogen) atoms. The Balaban J connectivity index is 1.92. The van der Waals surface area contributed by atoms with Crippen LogP contribution >= 0.6 is 11.3 Å². The molecule has 110 valence electrons. The first-order chi connectivity index (χ1) is 9.53. The predicted molar refractivity (Wildman–Crippen MR) is 77.9 cm³/mol. The van der Waals surface area contributed by atoms with E-state index < -0.39 is 17.5 Å². The summed E-state index contributed by atoms with van der Waals surface area (Å²) >= 11 is 1.59. The first-order valence-electron chi connectivity index (χ1n) is 6.84. The fraction of sp³-hybridized carbons (Fsp3) is 0.571. The molecule has 0 bridgehead atoms. The minimum absolute atomic E-state index is 0.403. The average molecular weight is 296 g/mol. The molecule has 5 nitrogen and oxygen atoms in total. The molecular weight excluding hydrogens is 276 g/mol. The molecule has 1 fully saturated rings. The van der Waals surface area contributed by atoms with Gasteiger partial charge in [-0.3, -0.25) is 0 Å². The van der Waals surface area contributed by atoms with Crippen molar-refractivity contribution < 1.29 is 14.7 Å². The molecule has 0 aromatic carbocycles. The topological polar surface area (TPSA) is 78.4 Å². The van der Waals surface area contributed by atoms with Crippen LogP contribution in [0.4, 0.5) is 4.79 Å². The van der Waals surface area contributed by atoms with E-state index in [4.69, 9.17) is 0 Å². The van der Waals surface area contributed by atoms with E-state index in [1.165, 1.54) is 0 Å². The standard InChI is InChI=1S/C14H20N2O3S/c1-10-8-20-9-11(10)7-15-13(19)16-14(12(17)18)5-3-2-4-6-14/h8-9H,2-7H2,1H3,(H,17,18)(H2,15,16,19). The number of carboxylic acids is 1. The third-order valence-electron chi connectivity index (χ3n) is 3.87. The molecule has 0 radical (unpaired) electrons. The van der Waals surface area contributed by atoms with Crippen LogP contribution in [-0.2, 0) is 11.3 Å². The monoisotopic (exact) mass is 296 g/mol. The Morgan fingerprint density at radius 2 is 2.00 bits per heavy atom. The Morgan fingerprint density at radius 1 is 1.30 bits per heavy atom. The summed E-state index contributed by atoms with van der Waals surface area (Å²) < 4.78 is 0. The second kappa shape index (κ2) is 6.26. The van der Waals surface area contributed by atoms with Crippen molar-refractivity contribution >= 4 is 23.3 Å². The summed E-state index contributed by atoms with van der Waals surface area (Å²) in [6.45, 7) is 2.42. The summed E-state index contributed by atoms with van der Waals surface area (Å²) in [6.07, 6.45) is 3.74. The SMILES string of the molecule is Cc1cscc1CNC(=O)NC1(C(=O)O)CCCCC1. The van der Waals surface area contributed by atoms with Crippen LogP contribution < -0.4 is 10.6 Å². The van der Waals surface area contributed by atoms with Crippen LogP contribution in [0.5, 0.6) is 0 Å². The molecule has 1 aromatic rings. The van der Waals surface area contributed by atoms with Gasteiger partial charge < -0.3 is 15.7 Å². The van der Waals surface area contributed by atoms with Gasteiger partial charge in [-0.05, 0) is 41.7 Å². The number of hydrogen-bond acceptors (Lipinski definition) is 3. The third-order valence-corrected chi connectivity index (χ3v) is 4.78. The van der Waals surface area contributed by atoms with Crippen LogP contribution in [0.15, 0.2) is 10.8 Å². The Kier molecular flexibility index (Phi) is 4.65. The number of carbonyl (C=O) groups excluding carboxylic acids is 1. The van der Waals surface area contributed by atoms with Crippen molar-refractivity contribution in [3.05, 3.63) is 21.9 Å². The lowest BCUT2D eigenvalue weighted by atomic mass is 9.82. The molecule has 1 aliphatic carbocycles. The van der Waals surface area contributed by atoms with E-state index in [-0.39, 0.29) is 0 Å². The number of rotatable bonds is 4. The highest BCUT2D eigenvalue weighted by molar-refractivity contribution is 7.08. The molecule has 1 saturated carbocycles. The summed E-state index contributed by atoms with van der Waals surface area (Å²) in [7, 11) is 0. The maximum atomic E-state index is 11.9. The number of urea groups is 1. The van der Waals surface area contributed by atoms with Gasteiger partial charge in [-0.2, -0.15) is 11.3 Å². The van der Waals surface area contributed by atoms with Crippen LogP contribution in [-0.4, -0.2) is 22.6 Å². The van der Waals surface area contributed by atoms with E-state index in [0.717, 1.165) is 30.4 Å². The fourth-order valence-corrected chi connectivity index (χ4v) is 3.41. The van der Waals surface area contributed by atoms with E-state index in [1.54, 1.807) is 11.3 Å². The number of amides is 2. The normalized spacial score (nSPS) is 17.4. The zero-order valence-electron chi connectivity index (χ0n) is 11.6. The molecule has 3 N–H and O–H groups in total. The lowest BCUT2D eigenvalue weighted by Crippen LogP contribution is -2.57. The van der Waals surface area contributed by atoms with Crippen molar-refractivity contribution in [3.8, 4) is 0 Å². The van der Waals surface area contributed by atoms with Gasteiger partial charge in [0.2, 0.25) is 0 Å². The minimum atomic E-state index is -1.09. The van der Waals surface area contributed by atoms with Gasteiger partial charge in [-0.15, -0.1) is 0 Å². The Bertz CT molecular complexity index is 492. The largest absolute Gasteiger partial charge is 0.480 e. The number of carboxylic acid groups (broad SMARTS) is 1. The van der Waals surface area contributed by atoms with Crippen molar-refractivity contribution in [2.24, 2.45) is 0 Å². The average Bonchev–Trinajstić information content (AvgIpc) is 2.83. The Labute approximate surface area is 122 Å². The molecule has 1 heterocycles. The molecule has 0 unspecified atom stereocenters. The summed E-state index contributed by atoms with van der Waals surface area (Å²) in [5, 5.41) is 18.8. The second-order valence-corrected chi connectivity index (χ2v) is 6.08. The summed E-state index contributed by atoms with van der Waals surface area (Å²) in [4.78, 5) is 23.4.